The van der Waals surface area contributed by atoms with Crippen molar-refractivity contribution in [1.29, 1.82) is 0 Å². The van der Waals surface area contributed by atoms with Crippen LogP contribution in [0.5, 0.6) is 0 Å². The van der Waals surface area contributed by atoms with Crippen LogP contribution in [0.1, 0.15) is 17.8 Å². The molecule has 0 aliphatic carbocycles. The van der Waals surface area contributed by atoms with Crippen LogP contribution < -0.4 is 4.90 Å². The van der Waals surface area contributed by atoms with Gasteiger partial charge in [0.05, 0.1) is 20.4 Å². The van der Waals surface area contributed by atoms with Crippen molar-refractivity contribution >= 4 is 56.2 Å². The molecule has 0 unspecified atom stereocenters. The van der Waals surface area contributed by atoms with Gasteiger partial charge in [-0.25, -0.2) is 4.98 Å². The number of thiocarbonyl (C=S) groups is 1. The Kier molecular flexibility index (Phi) is 3.29. The lowest BCUT2D eigenvalue weighted by atomic mass is 10.2. The molecule has 2 saturated heterocycles. The number of halogens is 1. The zero-order chi connectivity index (χ0) is 15.4. The Hall–Kier alpha value is -1.37. The molecule has 0 atom stereocenters. The summed E-state index contributed by atoms with van der Waals surface area (Å²) in [6.07, 6.45) is 2.33. The molecule has 114 valence electrons. The molecule has 22 heavy (non-hydrogen) atoms. The molecule has 7 heteroatoms. The van der Waals surface area contributed by atoms with Gasteiger partial charge in [0.1, 0.15) is 11.3 Å². The van der Waals surface area contributed by atoms with E-state index in [1.165, 1.54) is 6.42 Å². The standard InChI is InChI=1S/C15H15ClN4S2/c1-9-17-13-11(16)5-6-12(14(13)22-9)20-10(2)18-7-3-4-8-19(18)15(20)21/h5-6H,2-4,7-8H2,1H3. The fraction of sp³-hybridized carbons (Fsp3) is 0.333. The maximum atomic E-state index is 6.29. The predicted octanol–water partition coefficient (Wildman–Crippen LogP) is 4.15. The maximum absolute atomic E-state index is 6.29. The van der Waals surface area contributed by atoms with E-state index < -0.39 is 0 Å². The highest BCUT2D eigenvalue weighted by Crippen LogP contribution is 2.41. The van der Waals surface area contributed by atoms with Gasteiger partial charge in [-0.3, -0.25) is 14.9 Å². The van der Waals surface area contributed by atoms with Gasteiger partial charge >= 0.3 is 0 Å². The predicted molar refractivity (Wildman–Crippen MR) is 96.2 cm³/mol. The first-order valence-corrected chi connectivity index (χ1v) is 8.82. The van der Waals surface area contributed by atoms with Crippen LogP contribution in [-0.4, -0.2) is 33.2 Å². The van der Waals surface area contributed by atoms with Gasteiger partial charge in [-0.2, -0.15) is 0 Å². The second-order valence-corrected chi connectivity index (χ2v) is 7.44. The summed E-state index contributed by atoms with van der Waals surface area (Å²) < 4.78 is 1.06. The van der Waals surface area contributed by atoms with Crippen molar-refractivity contribution in [3.63, 3.8) is 0 Å². The summed E-state index contributed by atoms with van der Waals surface area (Å²) in [6.45, 7) is 8.17. The second kappa shape index (κ2) is 5.08. The lowest BCUT2D eigenvalue weighted by Gasteiger charge is -2.33. The molecule has 2 fully saturated rings. The SMILES string of the molecule is C=C1N(c2ccc(Cl)c3nc(C)sc23)C(=S)N2CCCCN12. The number of hydrazine groups is 1. The van der Waals surface area contributed by atoms with Gasteiger partial charge in [-0.15, -0.1) is 11.3 Å². The lowest BCUT2D eigenvalue weighted by Crippen LogP contribution is -2.42. The van der Waals surface area contributed by atoms with Crippen molar-refractivity contribution in [2.45, 2.75) is 19.8 Å². The Balaban J connectivity index is 1.87. The molecule has 0 amide bonds. The van der Waals surface area contributed by atoms with Crippen LogP contribution in [0, 0.1) is 6.92 Å². The summed E-state index contributed by atoms with van der Waals surface area (Å²) in [5.41, 5.74) is 1.87. The number of anilines is 1. The van der Waals surface area contributed by atoms with E-state index in [2.05, 4.69) is 26.5 Å². The Morgan fingerprint density at radius 3 is 2.73 bits per heavy atom. The molecule has 1 aromatic carbocycles. The summed E-state index contributed by atoms with van der Waals surface area (Å²) in [5, 5.41) is 6.80. The largest absolute Gasteiger partial charge is 0.269 e. The van der Waals surface area contributed by atoms with E-state index in [0.717, 1.165) is 51.4 Å². The number of hydrogen-bond donors (Lipinski definition) is 0. The van der Waals surface area contributed by atoms with E-state index >= 15 is 0 Å². The Bertz CT molecular complexity index is 776. The molecule has 3 heterocycles. The third kappa shape index (κ3) is 1.94. The molecule has 0 spiro atoms. The van der Waals surface area contributed by atoms with E-state index in [9.17, 15) is 0 Å². The molecule has 2 aliphatic heterocycles. The first-order valence-electron chi connectivity index (χ1n) is 7.21. The van der Waals surface area contributed by atoms with Crippen molar-refractivity contribution in [2.24, 2.45) is 0 Å². The summed E-state index contributed by atoms with van der Waals surface area (Å²) in [4.78, 5) is 6.60. The molecule has 1 aromatic heterocycles. The highest BCUT2D eigenvalue weighted by Gasteiger charge is 2.38. The maximum Gasteiger partial charge on any atom is 0.201 e. The fourth-order valence-electron chi connectivity index (χ4n) is 3.06. The van der Waals surface area contributed by atoms with Crippen LogP contribution in [0.25, 0.3) is 10.2 Å². The monoisotopic (exact) mass is 350 g/mol. The molecule has 4 rings (SSSR count). The fourth-order valence-corrected chi connectivity index (χ4v) is 4.66. The summed E-state index contributed by atoms with van der Waals surface area (Å²) >= 11 is 13.6. The Morgan fingerprint density at radius 2 is 2.00 bits per heavy atom. The van der Waals surface area contributed by atoms with E-state index in [0.29, 0.717) is 5.02 Å². The number of aryl methyl sites for hydroxylation is 1. The molecule has 0 bridgehead atoms. The third-order valence-corrected chi connectivity index (χ3v) is 5.76. The van der Waals surface area contributed by atoms with Gasteiger partial charge in [0, 0.05) is 13.1 Å². The van der Waals surface area contributed by atoms with Crippen molar-refractivity contribution < 1.29 is 0 Å². The van der Waals surface area contributed by atoms with Gasteiger partial charge < -0.3 is 0 Å². The average molecular weight is 351 g/mol. The number of hydrogen-bond acceptors (Lipinski definition) is 4. The second-order valence-electron chi connectivity index (χ2n) is 5.46. The van der Waals surface area contributed by atoms with Crippen molar-refractivity contribution in [3.8, 4) is 0 Å². The van der Waals surface area contributed by atoms with Crippen molar-refractivity contribution in [1.82, 2.24) is 15.0 Å². The molecular formula is C15H15ClN4S2. The zero-order valence-corrected chi connectivity index (χ0v) is 14.6. The highest BCUT2D eigenvalue weighted by atomic mass is 35.5. The number of fused-ring (bicyclic) bond motifs is 2. The molecule has 4 nitrogen and oxygen atoms in total. The summed E-state index contributed by atoms with van der Waals surface area (Å²) in [7, 11) is 0. The normalized spacial score (nSPS) is 18.5. The highest BCUT2D eigenvalue weighted by molar-refractivity contribution is 7.80. The summed E-state index contributed by atoms with van der Waals surface area (Å²) in [5.74, 6) is 0.916. The van der Waals surface area contributed by atoms with Gasteiger partial charge in [-0.05, 0) is 44.1 Å². The molecule has 0 saturated carbocycles. The summed E-state index contributed by atoms with van der Waals surface area (Å²) in [6, 6.07) is 3.90. The topological polar surface area (TPSA) is 22.6 Å². The van der Waals surface area contributed by atoms with Gasteiger partial charge in [0.25, 0.3) is 0 Å². The minimum Gasteiger partial charge on any atom is -0.269 e. The smallest absolute Gasteiger partial charge is 0.201 e. The molecule has 0 N–H and O–H groups in total. The van der Waals surface area contributed by atoms with Crippen LogP contribution in [0.4, 0.5) is 5.69 Å². The quantitative estimate of drug-likeness (QED) is 0.719. The number of thiazole rings is 1. The first kappa shape index (κ1) is 14.2. The number of rotatable bonds is 1. The number of nitrogens with zero attached hydrogens (tertiary/aromatic N) is 4. The van der Waals surface area contributed by atoms with Crippen molar-refractivity contribution in [3.05, 3.63) is 34.6 Å². The van der Waals surface area contributed by atoms with E-state index in [-0.39, 0.29) is 0 Å². The number of benzene rings is 1. The third-order valence-electron chi connectivity index (χ3n) is 4.07. The Labute approximate surface area is 143 Å². The van der Waals surface area contributed by atoms with Crippen LogP contribution in [-0.2, 0) is 0 Å². The van der Waals surface area contributed by atoms with Gasteiger partial charge in [-0.1, -0.05) is 18.2 Å². The molecular weight excluding hydrogens is 336 g/mol. The van der Waals surface area contributed by atoms with Crippen LogP contribution in [0.3, 0.4) is 0 Å². The van der Waals surface area contributed by atoms with Crippen LogP contribution >= 0.6 is 35.2 Å². The minimum absolute atomic E-state index is 0.678. The first-order chi connectivity index (χ1) is 10.6. The van der Waals surface area contributed by atoms with E-state index in [1.807, 2.05) is 19.1 Å². The molecule has 0 radical (unpaired) electrons. The molecule has 2 aliphatic rings. The minimum atomic E-state index is 0.678. The molecule has 2 aromatic rings. The average Bonchev–Trinajstić information content (AvgIpc) is 3.02. The van der Waals surface area contributed by atoms with Gasteiger partial charge in [0.15, 0.2) is 0 Å². The zero-order valence-electron chi connectivity index (χ0n) is 12.2. The van der Waals surface area contributed by atoms with Gasteiger partial charge in [0.2, 0.25) is 5.11 Å². The Morgan fingerprint density at radius 1 is 1.27 bits per heavy atom. The van der Waals surface area contributed by atoms with Crippen LogP contribution in [0.2, 0.25) is 5.02 Å². The lowest BCUT2D eigenvalue weighted by molar-refractivity contribution is 0.0757. The van der Waals surface area contributed by atoms with E-state index in [4.69, 9.17) is 23.8 Å². The number of aromatic nitrogens is 1. The van der Waals surface area contributed by atoms with Crippen LogP contribution in [0.15, 0.2) is 24.5 Å². The van der Waals surface area contributed by atoms with Crippen molar-refractivity contribution in [2.75, 3.05) is 18.0 Å². The van der Waals surface area contributed by atoms with E-state index in [1.54, 1.807) is 11.3 Å².